The predicted octanol–water partition coefficient (Wildman–Crippen LogP) is 1.34. The van der Waals surface area contributed by atoms with E-state index < -0.39 is 0 Å². The van der Waals surface area contributed by atoms with Gasteiger partial charge in [0.1, 0.15) is 18.0 Å². The smallest absolute Gasteiger partial charge is 0.190 e. The summed E-state index contributed by atoms with van der Waals surface area (Å²) < 4.78 is 0. The molecule has 0 unspecified atom stereocenters. The zero-order chi connectivity index (χ0) is 12.1. The van der Waals surface area contributed by atoms with Crippen molar-refractivity contribution in [2.24, 2.45) is 10.3 Å². The molecule has 0 spiro atoms. The molecule has 2 rings (SSSR count). The van der Waals surface area contributed by atoms with E-state index in [9.17, 15) is 0 Å². The zero-order valence-electron chi connectivity index (χ0n) is 8.95. The van der Waals surface area contributed by atoms with E-state index in [2.05, 4.69) is 15.3 Å². The summed E-state index contributed by atoms with van der Waals surface area (Å²) in [7, 11) is 0. The van der Waals surface area contributed by atoms with Gasteiger partial charge in [0.2, 0.25) is 0 Å². The third-order valence-electron chi connectivity index (χ3n) is 2.27. The normalized spacial score (nSPS) is 15.8. The highest BCUT2D eigenvalue weighted by Gasteiger charge is 2.15. The summed E-state index contributed by atoms with van der Waals surface area (Å²) in [6, 6.07) is 3.62. The van der Waals surface area contributed by atoms with Crippen LogP contribution in [-0.4, -0.2) is 40.3 Å². The van der Waals surface area contributed by atoms with Crippen LogP contribution in [0.15, 0.2) is 28.6 Å². The van der Waals surface area contributed by atoms with E-state index in [4.69, 9.17) is 21.6 Å². The first-order chi connectivity index (χ1) is 8.29. The molecule has 90 valence electrons. The molecule has 0 atom stereocenters. The molecular formula is C10H11ClN4O2. The van der Waals surface area contributed by atoms with Gasteiger partial charge in [-0.3, -0.25) is 0 Å². The second kappa shape index (κ2) is 5.49. The first kappa shape index (κ1) is 11.7. The summed E-state index contributed by atoms with van der Waals surface area (Å²) in [4.78, 5) is 10.9. The minimum atomic E-state index is 0.460. The first-order valence-electron chi connectivity index (χ1n) is 5.02. The molecule has 1 aromatic rings. The molecule has 17 heavy (non-hydrogen) atoms. The molecule has 0 fully saturated rings. The number of aromatic nitrogens is 1. The number of oxime groups is 2. The molecule has 0 saturated heterocycles. The Morgan fingerprint density at radius 3 is 3.18 bits per heavy atom. The molecular weight excluding hydrogens is 244 g/mol. The molecule has 7 heteroatoms. The Balaban J connectivity index is 2.09. The molecule has 1 aliphatic rings. The number of hydrogen-bond acceptors (Lipinski definition) is 6. The summed E-state index contributed by atoms with van der Waals surface area (Å²) in [5.74, 6) is 0.480. The largest absolute Gasteiger partial charge is 0.411 e. The monoisotopic (exact) mass is 254 g/mol. The van der Waals surface area contributed by atoms with Crippen LogP contribution in [0.25, 0.3) is 0 Å². The molecule has 2 heterocycles. The van der Waals surface area contributed by atoms with Crippen LogP contribution < -0.4 is 0 Å². The summed E-state index contributed by atoms with van der Waals surface area (Å²) in [6.07, 6.45) is 2.94. The van der Waals surface area contributed by atoms with Crippen LogP contribution in [0.1, 0.15) is 5.56 Å². The average molecular weight is 255 g/mol. The van der Waals surface area contributed by atoms with Crippen molar-refractivity contribution in [2.75, 3.05) is 13.2 Å². The van der Waals surface area contributed by atoms with Gasteiger partial charge in [0.25, 0.3) is 0 Å². The summed E-state index contributed by atoms with van der Waals surface area (Å²) in [6.45, 7) is 1.79. The Kier molecular flexibility index (Phi) is 3.77. The van der Waals surface area contributed by atoms with Crippen molar-refractivity contribution in [2.45, 2.75) is 6.54 Å². The minimum absolute atomic E-state index is 0.460. The standard InChI is InChI=1S/C10H11ClN4O2/c11-9-2-1-8(5-12-9)7-15-3-4-17-14-10(15)6-13-16/h1-2,5-6,16H,3-4,7H2. The van der Waals surface area contributed by atoms with Gasteiger partial charge in [0.05, 0.1) is 6.54 Å². The fourth-order valence-corrected chi connectivity index (χ4v) is 1.58. The van der Waals surface area contributed by atoms with Crippen LogP contribution in [0.2, 0.25) is 5.15 Å². The number of halogens is 1. The lowest BCUT2D eigenvalue weighted by atomic mass is 10.2. The number of amidine groups is 1. The molecule has 0 saturated carbocycles. The van der Waals surface area contributed by atoms with E-state index in [-0.39, 0.29) is 0 Å². The Morgan fingerprint density at radius 1 is 1.59 bits per heavy atom. The molecule has 1 N–H and O–H groups in total. The lowest BCUT2D eigenvalue weighted by molar-refractivity contribution is 0.102. The van der Waals surface area contributed by atoms with Crippen LogP contribution in [0, 0.1) is 0 Å². The Labute approximate surface area is 103 Å². The SMILES string of the molecule is ON=CC1=NOCCN1Cc1ccc(Cl)nc1. The third-order valence-corrected chi connectivity index (χ3v) is 2.49. The molecule has 1 aromatic heterocycles. The number of rotatable bonds is 3. The highest BCUT2D eigenvalue weighted by molar-refractivity contribution is 6.29. The predicted molar refractivity (Wildman–Crippen MR) is 63.3 cm³/mol. The lowest BCUT2D eigenvalue weighted by Crippen LogP contribution is -2.37. The molecule has 0 radical (unpaired) electrons. The molecule has 0 aromatic carbocycles. The molecule has 0 aliphatic carbocycles. The minimum Gasteiger partial charge on any atom is -0.411 e. The zero-order valence-corrected chi connectivity index (χ0v) is 9.71. The van der Waals surface area contributed by atoms with E-state index >= 15 is 0 Å². The molecule has 1 aliphatic heterocycles. The van der Waals surface area contributed by atoms with Gasteiger partial charge in [-0.1, -0.05) is 28.0 Å². The summed E-state index contributed by atoms with van der Waals surface area (Å²) in [5, 5.41) is 15.7. The topological polar surface area (TPSA) is 70.3 Å². The molecule has 0 bridgehead atoms. The van der Waals surface area contributed by atoms with Crippen molar-refractivity contribution in [1.82, 2.24) is 9.88 Å². The Morgan fingerprint density at radius 2 is 2.47 bits per heavy atom. The number of pyridine rings is 1. The van der Waals surface area contributed by atoms with Gasteiger partial charge in [0, 0.05) is 12.7 Å². The van der Waals surface area contributed by atoms with E-state index in [0.717, 1.165) is 5.56 Å². The second-order valence-corrected chi connectivity index (χ2v) is 3.83. The fraction of sp³-hybridized carbons (Fsp3) is 0.300. The van der Waals surface area contributed by atoms with Crippen molar-refractivity contribution >= 4 is 23.7 Å². The lowest BCUT2D eigenvalue weighted by Gasteiger charge is -2.26. The number of nitrogens with zero attached hydrogens (tertiary/aromatic N) is 4. The highest BCUT2D eigenvalue weighted by Crippen LogP contribution is 2.10. The van der Waals surface area contributed by atoms with Crippen LogP contribution in [0.3, 0.4) is 0 Å². The van der Waals surface area contributed by atoms with E-state index in [1.165, 1.54) is 6.21 Å². The highest BCUT2D eigenvalue weighted by atomic mass is 35.5. The van der Waals surface area contributed by atoms with Crippen LogP contribution >= 0.6 is 11.6 Å². The van der Waals surface area contributed by atoms with Crippen molar-refractivity contribution in [1.29, 1.82) is 0 Å². The van der Waals surface area contributed by atoms with Gasteiger partial charge in [-0.25, -0.2) is 4.98 Å². The molecule has 6 nitrogen and oxygen atoms in total. The van der Waals surface area contributed by atoms with Gasteiger partial charge in [-0.2, -0.15) is 0 Å². The van der Waals surface area contributed by atoms with E-state index in [1.54, 1.807) is 12.3 Å². The van der Waals surface area contributed by atoms with Crippen molar-refractivity contribution in [3.63, 3.8) is 0 Å². The quantitative estimate of drug-likeness (QED) is 0.382. The van der Waals surface area contributed by atoms with Gasteiger partial charge in [0.15, 0.2) is 5.84 Å². The summed E-state index contributed by atoms with van der Waals surface area (Å²) >= 11 is 5.71. The molecule has 0 amide bonds. The van der Waals surface area contributed by atoms with Gasteiger partial charge < -0.3 is 14.9 Å². The van der Waals surface area contributed by atoms with Gasteiger partial charge >= 0.3 is 0 Å². The van der Waals surface area contributed by atoms with E-state index in [1.807, 2.05) is 11.0 Å². The maximum atomic E-state index is 8.52. The van der Waals surface area contributed by atoms with Crippen LogP contribution in [-0.2, 0) is 11.4 Å². The summed E-state index contributed by atoms with van der Waals surface area (Å²) in [5.41, 5.74) is 0.996. The van der Waals surface area contributed by atoms with Crippen molar-refractivity contribution in [3.8, 4) is 0 Å². The Bertz CT molecular complexity index is 432. The fourth-order valence-electron chi connectivity index (χ4n) is 1.47. The van der Waals surface area contributed by atoms with Gasteiger partial charge in [-0.05, 0) is 11.6 Å². The third kappa shape index (κ3) is 3.07. The van der Waals surface area contributed by atoms with Crippen LogP contribution in [0.5, 0.6) is 0 Å². The van der Waals surface area contributed by atoms with E-state index in [0.29, 0.717) is 30.7 Å². The maximum absolute atomic E-state index is 8.52. The Hall–Kier alpha value is -1.82. The first-order valence-corrected chi connectivity index (χ1v) is 5.40. The van der Waals surface area contributed by atoms with Crippen LogP contribution in [0.4, 0.5) is 0 Å². The second-order valence-electron chi connectivity index (χ2n) is 3.44. The van der Waals surface area contributed by atoms with Crippen molar-refractivity contribution in [3.05, 3.63) is 29.0 Å². The van der Waals surface area contributed by atoms with Crippen molar-refractivity contribution < 1.29 is 10.0 Å². The maximum Gasteiger partial charge on any atom is 0.190 e. The average Bonchev–Trinajstić information content (AvgIpc) is 2.35. The number of hydrogen-bond donors (Lipinski definition) is 1. The van der Waals surface area contributed by atoms with Gasteiger partial charge in [-0.15, -0.1) is 0 Å².